The Balaban J connectivity index is 1.45. The molecule has 1 aromatic heterocycles. The van der Waals surface area contributed by atoms with Gasteiger partial charge in [-0.1, -0.05) is 35.9 Å². The van der Waals surface area contributed by atoms with Crippen molar-refractivity contribution in [3.8, 4) is 5.75 Å². The molecule has 3 rings (SSSR count). The molecule has 0 radical (unpaired) electrons. The number of hydrogen-bond acceptors (Lipinski definition) is 4. The molecule has 31 heavy (non-hydrogen) atoms. The Morgan fingerprint density at radius 1 is 1.10 bits per heavy atom. The quantitative estimate of drug-likeness (QED) is 0.464. The highest BCUT2D eigenvalue weighted by atomic mass is 35.5. The Hall–Kier alpha value is -3.32. The SMILES string of the molecule is CCOc1ccccc1C(=O)NCCCC(=O)Nc1ccnn1Cc1ccc(Cl)cc1. The molecule has 0 aliphatic heterocycles. The molecule has 0 spiro atoms. The number of carbonyl (C=O) groups is 2. The molecule has 0 saturated carbocycles. The molecule has 0 atom stereocenters. The van der Waals surface area contributed by atoms with Gasteiger partial charge in [0.15, 0.2) is 0 Å². The maximum Gasteiger partial charge on any atom is 0.255 e. The van der Waals surface area contributed by atoms with Crippen LogP contribution in [0.1, 0.15) is 35.7 Å². The standard InChI is InChI=1S/C23H25ClN4O3/c1-2-31-20-7-4-3-6-19(20)23(30)25-14-5-8-22(29)27-21-13-15-26-28(21)16-17-9-11-18(24)12-10-17/h3-4,6-7,9-13,15H,2,5,8,14,16H2,1H3,(H,25,30)(H,27,29). The van der Waals surface area contributed by atoms with E-state index in [1.54, 1.807) is 35.1 Å². The van der Waals surface area contributed by atoms with E-state index < -0.39 is 0 Å². The van der Waals surface area contributed by atoms with Gasteiger partial charge in [0.1, 0.15) is 11.6 Å². The van der Waals surface area contributed by atoms with E-state index >= 15 is 0 Å². The molecule has 0 fully saturated rings. The molecule has 2 amide bonds. The first-order chi connectivity index (χ1) is 15.1. The molecule has 0 aliphatic carbocycles. The zero-order valence-electron chi connectivity index (χ0n) is 17.3. The average Bonchev–Trinajstić information content (AvgIpc) is 3.19. The number of ether oxygens (including phenoxy) is 1. The van der Waals surface area contributed by atoms with Crippen LogP contribution in [-0.2, 0) is 11.3 Å². The van der Waals surface area contributed by atoms with Crippen LogP contribution < -0.4 is 15.4 Å². The average molecular weight is 441 g/mol. The van der Waals surface area contributed by atoms with Gasteiger partial charge in [-0.3, -0.25) is 9.59 Å². The monoisotopic (exact) mass is 440 g/mol. The van der Waals surface area contributed by atoms with Crippen molar-refractivity contribution in [1.82, 2.24) is 15.1 Å². The predicted molar refractivity (Wildman–Crippen MR) is 121 cm³/mol. The zero-order chi connectivity index (χ0) is 22.1. The van der Waals surface area contributed by atoms with Crippen LogP contribution in [0.15, 0.2) is 60.8 Å². The van der Waals surface area contributed by atoms with Crippen molar-refractivity contribution >= 4 is 29.2 Å². The first kappa shape index (κ1) is 22.4. The molecule has 8 heteroatoms. The van der Waals surface area contributed by atoms with Gasteiger partial charge in [-0.25, -0.2) is 4.68 Å². The zero-order valence-corrected chi connectivity index (χ0v) is 18.1. The summed E-state index contributed by atoms with van der Waals surface area (Å²) in [5.74, 6) is 0.816. The Bertz CT molecular complexity index is 1020. The van der Waals surface area contributed by atoms with E-state index in [0.29, 0.717) is 48.3 Å². The van der Waals surface area contributed by atoms with E-state index in [1.807, 2.05) is 37.3 Å². The van der Waals surface area contributed by atoms with E-state index in [9.17, 15) is 9.59 Å². The van der Waals surface area contributed by atoms with Gasteiger partial charge in [0.05, 0.1) is 24.9 Å². The molecule has 162 valence electrons. The van der Waals surface area contributed by atoms with Gasteiger partial charge in [-0.15, -0.1) is 0 Å². The minimum absolute atomic E-state index is 0.137. The van der Waals surface area contributed by atoms with Crippen molar-refractivity contribution in [3.63, 3.8) is 0 Å². The van der Waals surface area contributed by atoms with Crippen LogP contribution in [-0.4, -0.2) is 34.7 Å². The number of nitrogens with zero attached hydrogens (tertiary/aromatic N) is 2. The van der Waals surface area contributed by atoms with Gasteiger partial charge in [0, 0.05) is 24.1 Å². The lowest BCUT2D eigenvalue weighted by atomic mass is 10.2. The summed E-state index contributed by atoms with van der Waals surface area (Å²) in [6.07, 6.45) is 2.43. The minimum atomic E-state index is -0.217. The van der Waals surface area contributed by atoms with E-state index in [2.05, 4.69) is 15.7 Å². The number of rotatable bonds is 10. The number of para-hydroxylation sites is 1. The summed E-state index contributed by atoms with van der Waals surface area (Å²) in [5, 5.41) is 10.6. The highest BCUT2D eigenvalue weighted by molar-refractivity contribution is 6.30. The highest BCUT2D eigenvalue weighted by Gasteiger charge is 2.12. The third-order valence-electron chi connectivity index (χ3n) is 4.53. The molecule has 0 aliphatic rings. The fraction of sp³-hybridized carbons (Fsp3) is 0.261. The highest BCUT2D eigenvalue weighted by Crippen LogP contribution is 2.18. The Morgan fingerprint density at radius 2 is 1.87 bits per heavy atom. The lowest BCUT2D eigenvalue weighted by Crippen LogP contribution is -2.26. The van der Waals surface area contributed by atoms with Gasteiger partial charge >= 0.3 is 0 Å². The maximum absolute atomic E-state index is 12.4. The van der Waals surface area contributed by atoms with Crippen molar-refractivity contribution in [3.05, 3.63) is 76.9 Å². The number of amides is 2. The number of anilines is 1. The third-order valence-corrected chi connectivity index (χ3v) is 4.78. The molecule has 2 N–H and O–H groups in total. The van der Waals surface area contributed by atoms with Gasteiger partial charge in [0.25, 0.3) is 5.91 Å². The number of nitrogens with one attached hydrogen (secondary N) is 2. The summed E-state index contributed by atoms with van der Waals surface area (Å²) in [4.78, 5) is 24.7. The van der Waals surface area contributed by atoms with Crippen molar-refractivity contribution in [1.29, 1.82) is 0 Å². The number of hydrogen-bond donors (Lipinski definition) is 2. The van der Waals surface area contributed by atoms with Crippen LogP contribution in [0, 0.1) is 0 Å². The van der Waals surface area contributed by atoms with Crippen molar-refractivity contribution in [2.45, 2.75) is 26.3 Å². The molecule has 7 nitrogen and oxygen atoms in total. The second kappa shape index (κ2) is 11.2. The number of benzene rings is 2. The van der Waals surface area contributed by atoms with Crippen molar-refractivity contribution in [2.75, 3.05) is 18.5 Å². The molecule has 0 unspecified atom stereocenters. The molecule has 2 aromatic carbocycles. The second-order valence-corrected chi connectivity index (χ2v) is 7.27. The number of aromatic nitrogens is 2. The Labute approximate surface area is 186 Å². The van der Waals surface area contributed by atoms with Crippen LogP contribution in [0.2, 0.25) is 5.02 Å². The molecule has 0 bridgehead atoms. The second-order valence-electron chi connectivity index (χ2n) is 6.84. The summed E-state index contributed by atoms with van der Waals surface area (Å²) in [6.45, 7) is 3.26. The number of carbonyl (C=O) groups excluding carboxylic acids is 2. The van der Waals surface area contributed by atoms with Crippen LogP contribution in [0.5, 0.6) is 5.75 Å². The summed E-state index contributed by atoms with van der Waals surface area (Å²) in [7, 11) is 0. The Kier molecular flexibility index (Phi) is 8.06. The molecular weight excluding hydrogens is 416 g/mol. The number of halogens is 1. The van der Waals surface area contributed by atoms with Crippen LogP contribution in [0.3, 0.4) is 0 Å². The van der Waals surface area contributed by atoms with Gasteiger partial charge in [-0.2, -0.15) is 5.10 Å². The lowest BCUT2D eigenvalue weighted by Gasteiger charge is -2.11. The third kappa shape index (κ3) is 6.58. The molecule has 0 saturated heterocycles. The van der Waals surface area contributed by atoms with Gasteiger partial charge < -0.3 is 15.4 Å². The van der Waals surface area contributed by atoms with Crippen LogP contribution >= 0.6 is 11.6 Å². The van der Waals surface area contributed by atoms with E-state index in [0.717, 1.165) is 5.56 Å². The maximum atomic E-state index is 12.4. The molecule has 3 aromatic rings. The van der Waals surface area contributed by atoms with Crippen LogP contribution in [0.4, 0.5) is 5.82 Å². The van der Waals surface area contributed by atoms with Crippen molar-refractivity contribution in [2.24, 2.45) is 0 Å². The van der Waals surface area contributed by atoms with Gasteiger partial charge in [0.2, 0.25) is 5.91 Å². The largest absolute Gasteiger partial charge is 0.493 e. The van der Waals surface area contributed by atoms with E-state index in [-0.39, 0.29) is 18.2 Å². The van der Waals surface area contributed by atoms with E-state index in [1.165, 1.54) is 0 Å². The normalized spacial score (nSPS) is 10.5. The predicted octanol–water partition coefficient (Wildman–Crippen LogP) is 4.13. The molecular formula is C23H25ClN4O3. The Morgan fingerprint density at radius 3 is 2.65 bits per heavy atom. The summed E-state index contributed by atoms with van der Waals surface area (Å²) in [6, 6.07) is 16.3. The summed E-state index contributed by atoms with van der Waals surface area (Å²) < 4.78 is 7.20. The fourth-order valence-electron chi connectivity index (χ4n) is 3.01. The molecule has 1 heterocycles. The van der Waals surface area contributed by atoms with Crippen LogP contribution in [0.25, 0.3) is 0 Å². The first-order valence-electron chi connectivity index (χ1n) is 10.1. The lowest BCUT2D eigenvalue weighted by molar-refractivity contribution is -0.116. The summed E-state index contributed by atoms with van der Waals surface area (Å²) >= 11 is 5.92. The fourth-order valence-corrected chi connectivity index (χ4v) is 3.14. The smallest absolute Gasteiger partial charge is 0.255 e. The van der Waals surface area contributed by atoms with Crippen molar-refractivity contribution < 1.29 is 14.3 Å². The van der Waals surface area contributed by atoms with E-state index in [4.69, 9.17) is 16.3 Å². The minimum Gasteiger partial charge on any atom is -0.493 e. The van der Waals surface area contributed by atoms with Gasteiger partial charge in [-0.05, 0) is 43.2 Å². The topological polar surface area (TPSA) is 85.2 Å². The first-order valence-corrected chi connectivity index (χ1v) is 10.5. The summed E-state index contributed by atoms with van der Waals surface area (Å²) in [5.41, 5.74) is 1.51.